The minimum absolute atomic E-state index is 0.0824. The van der Waals surface area contributed by atoms with E-state index in [1.165, 1.54) is 69.5 Å². The number of halogens is 1. The van der Waals surface area contributed by atoms with Crippen LogP contribution in [0.3, 0.4) is 0 Å². The van der Waals surface area contributed by atoms with Crippen molar-refractivity contribution in [2.24, 2.45) is 0 Å². The third-order valence-corrected chi connectivity index (χ3v) is 15.9. The van der Waals surface area contributed by atoms with Gasteiger partial charge in [-0.3, -0.25) is 0 Å². The van der Waals surface area contributed by atoms with Crippen LogP contribution in [0.25, 0.3) is 0 Å². The molecule has 0 N–H and O–H groups in total. The number of ether oxygens (including phenoxy) is 2. The van der Waals surface area contributed by atoms with Gasteiger partial charge in [0, 0.05) is 0 Å². The van der Waals surface area contributed by atoms with Crippen LogP contribution >= 0.6 is 18.9 Å². The van der Waals surface area contributed by atoms with Crippen molar-refractivity contribution in [3.8, 4) is 11.5 Å². The molecule has 0 spiro atoms. The molecular formula is C21H33ClO2PPd. The zero-order valence-corrected chi connectivity index (χ0v) is 19.4. The predicted octanol–water partition coefficient (Wildman–Crippen LogP) is 5.81. The number of hydrogen-bond donors (Lipinski definition) is 0. The summed E-state index contributed by atoms with van der Waals surface area (Å²) >= 11 is 10.7. The van der Waals surface area contributed by atoms with Crippen LogP contribution in [0.5, 0.6) is 11.5 Å². The van der Waals surface area contributed by atoms with Gasteiger partial charge in [0.15, 0.2) is 0 Å². The zero-order valence-electron chi connectivity index (χ0n) is 16.0. The molecule has 2 saturated carbocycles. The molecule has 1 unspecified atom stereocenters. The molecule has 2 aliphatic rings. The summed E-state index contributed by atoms with van der Waals surface area (Å²) in [5.74, 6) is 1.86. The van der Waals surface area contributed by atoms with Gasteiger partial charge in [0.1, 0.15) is 0 Å². The first-order chi connectivity index (χ1) is 12.6. The van der Waals surface area contributed by atoms with E-state index in [-0.39, 0.29) is 3.59 Å². The molecule has 0 aliphatic heterocycles. The molecule has 0 amide bonds. The van der Waals surface area contributed by atoms with Gasteiger partial charge in [0.2, 0.25) is 0 Å². The van der Waals surface area contributed by atoms with Gasteiger partial charge in [-0.05, 0) is 0 Å². The van der Waals surface area contributed by atoms with Crippen molar-refractivity contribution < 1.29 is 28.7 Å². The number of rotatable bonds is 6. The molecule has 1 aromatic carbocycles. The number of benzene rings is 1. The number of hydrogen-bond acceptors (Lipinski definition) is 2. The Morgan fingerprint density at radius 2 is 1.46 bits per heavy atom. The maximum absolute atomic E-state index is 7.11. The van der Waals surface area contributed by atoms with Gasteiger partial charge in [-0.15, -0.1) is 0 Å². The molecule has 26 heavy (non-hydrogen) atoms. The van der Waals surface area contributed by atoms with E-state index >= 15 is 0 Å². The first-order valence-corrected chi connectivity index (χ1v) is 13.7. The Hall–Kier alpha value is 0.202. The van der Waals surface area contributed by atoms with Crippen molar-refractivity contribution in [1.82, 2.24) is 0 Å². The van der Waals surface area contributed by atoms with E-state index in [0.717, 1.165) is 22.8 Å². The van der Waals surface area contributed by atoms with E-state index in [2.05, 4.69) is 37.4 Å². The second-order valence-corrected chi connectivity index (χ2v) is 15.5. The van der Waals surface area contributed by atoms with Gasteiger partial charge in [-0.25, -0.2) is 0 Å². The average molecular weight is 490 g/mol. The summed E-state index contributed by atoms with van der Waals surface area (Å²) in [5, 5.41) is 1.42. The third-order valence-electron chi connectivity index (χ3n) is 6.77. The second-order valence-electron chi connectivity index (χ2n) is 7.94. The fraction of sp³-hybridized carbons (Fsp3) is 0.714. The first kappa shape index (κ1) is 20.9. The summed E-state index contributed by atoms with van der Waals surface area (Å²) in [6, 6.07) is 6.47. The summed E-state index contributed by atoms with van der Waals surface area (Å²) in [7, 11) is 1.48. The van der Waals surface area contributed by atoms with Crippen molar-refractivity contribution in [2.45, 2.75) is 79.1 Å². The first-order valence-electron chi connectivity index (χ1n) is 10.1. The molecule has 2 nitrogen and oxygen atoms in total. The van der Waals surface area contributed by atoms with Crippen LogP contribution in [0.1, 0.15) is 64.2 Å². The predicted molar refractivity (Wildman–Crippen MR) is 111 cm³/mol. The van der Waals surface area contributed by atoms with Gasteiger partial charge in [0.05, 0.1) is 0 Å². The van der Waals surface area contributed by atoms with E-state index in [9.17, 15) is 0 Å². The van der Waals surface area contributed by atoms with Crippen molar-refractivity contribution in [3.63, 3.8) is 0 Å². The molecule has 5 heteroatoms. The normalized spacial score (nSPS) is 22.0. The zero-order chi connectivity index (χ0) is 18.6. The molecule has 0 heterocycles. The molecule has 1 atom stereocenters. The fourth-order valence-corrected chi connectivity index (χ4v) is 16.0. The van der Waals surface area contributed by atoms with Crippen molar-refractivity contribution in [2.75, 3.05) is 14.2 Å². The number of methoxy groups -OCH3 is 2. The van der Waals surface area contributed by atoms with Crippen molar-refractivity contribution in [1.29, 1.82) is 0 Å². The molecule has 0 bridgehead atoms. The van der Waals surface area contributed by atoms with Crippen LogP contribution in [0.4, 0.5) is 0 Å². The molecule has 0 radical (unpaired) electrons. The molecular weight excluding hydrogens is 457 g/mol. The molecule has 1 aromatic rings. The van der Waals surface area contributed by atoms with Gasteiger partial charge in [-0.2, -0.15) is 0 Å². The molecule has 2 aliphatic carbocycles. The summed E-state index contributed by atoms with van der Waals surface area (Å²) < 4.78 is 11.5. The van der Waals surface area contributed by atoms with Gasteiger partial charge >= 0.3 is 176 Å². The summed E-state index contributed by atoms with van der Waals surface area (Å²) in [6.45, 7) is 0. The summed E-state index contributed by atoms with van der Waals surface area (Å²) in [4.78, 5) is 0. The van der Waals surface area contributed by atoms with Crippen LogP contribution in [-0.4, -0.2) is 29.1 Å². The Balaban J connectivity index is 2.15. The van der Waals surface area contributed by atoms with Gasteiger partial charge in [0.25, 0.3) is 0 Å². The van der Waals surface area contributed by atoms with Gasteiger partial charge < -0.3 is 0 Å². The van der Waals surface area contributed by atoms with Crippen LogP contribution < -0.4 is 14.8 Å². The fourth-order valence-electron chi connectivity index (χ4n) is 5.53. The van der Waals surface area contributed by atoms with Crippen molar-refractivity contribution >= 4 is 24.2 Å². The average Bonchev–Trinajstić information content (AvgIpc) is 2.70. The summed E-state index contributed by atoms with van der Waals surface area (Å²) in [5.41, 5.74) is 1.50. The van der Waals surface area contributed by atoms with Crippen LogP contribution in [0.2, 0.25) is 0 Å². The summed E-state index contributed by atoms with van der Waals surface area (Å²) in [6.07, 6.45) is 13.5. The Morgan fingerprint density at radius 3 is 1.88 bits per heavy atom. The Kier molecular flexibility index (Phi) is 7.73. The van der Waals surface area contributed by atoms with Crippen LogP contribution in [-0.2, 0) is 19.2 Å². The van der Waals surface area contributed by atoms with E-state index in [1.54, 1.807) is 14.2 Å². The van der Waals surface area contributed by atoms with Crippen molar-refractivity contribution in [3.05, 3.63) is 18.2 Å². The van der Waals surface area contributed by atoms with Crippen LogP contribution in [0.15, 0.2) is 18.2 Å². The molecule has 0 saturated heterocycles. The Labute approximate surface area is 175 Å². The Bertz CT molecular complexity index is 565. The minimum atomic E-state index is -2.03. The quantitative estimate of drug-likeness (QED) is 0.285. The maximum atomic E-state index is 7.11. The second kappa shape index (κ2) is 9.61. The monoisotopic (exact) mass is 489 g/mol. The number of alkyl halides is 1. The van der Waals surface area contributed by atoms with Gasteiger partial charge in [-0.1, -0.05) is 0 Å². The molecule has 2 fully saturated rings. The van der Waals surface area contributed by atoms with E-state index in [4.69, 9.17) is 21.1 Å². The van der Waals surface area contributed by atoms with E-state index in [1.807, 2.05) is 0 Å². The van der Waals surface area contributed by atoms with Crippen LogP contribution in [0, 0.1) is 0 Å². The SMILES string of the molecule is COc1ccc([PH]([CH](Cl)[Pd])(C2CCCCC2)C2CCCCC2)c(OC)c1. The Morgan fingerprint density at radius 1 is 0.923 bits per heavy atom. The molecule has 3 rings (SSSR count). The molecule has 0 aromatic heterocycles. The third kappa shape index (κ3) is 3.98. The van der Waals surface area contributed by atoms with E-state index in [0.29, 0.717) is 0 Å². The van der Waals surface area contributed by atoms with E-state index < -0.39 is 7.26 Å². The molecule has 151 valence electrons. The topological polar surface area (TPSA) is 18.5 Å². The standard InChI is InChI=1S/C21H33ClO2P.Pd/c1-23-17-13-14-21(20(15-17)24-2)25(16-22,18-9-5-3-6-10-18)19-11-7-4-8-12-19;/h13-16,18-19,25H,3-12H2,1-2H3;.